The summed E-state index contributed by atoms with van der Waals surface area (Å²) in [6, 6.07) is -0.870. The van der Waals surface area contributed by atoms with E-state index in [-0.39, 0.29) is 72.8 Å². The van der Waals surface area contributed by atoms with Crippen LogP contribution >= 0.6 is 0 Å². The molecule has 11 N–H and O–H groups in total. The lowest BCUT2D eigenvalue weighted by atomic mass is 9.96. The molecule has 0 aliphatic rings. The van der Waals surface area contributed by atoms with Gasteiger partial charge in [-0.2, -0.15) is 0 Å². The molecule has 0 aliphatic heterocycles. The topological polar surface area (TPSA) is 206 Å². The maximum atomic E-state index is 12.9. The van der Waals surface area contributed by atoms with Gasteiger partial charge in [-0.3, -0.25) is 19.2 Å². The summed E-state index contributed by atoms with van der Waals surface area (Å²) >= 11 is 0. The van der Waals surface area contributed by atoms with E-state index in [1.165, 1.54) is 0 Å². The molecule has 4 unspecified atom stereocenters. The average Bonchev–Trinajstić information content (AvgIpc) is 2.80. The van der Waals surface area contributed by atoms with Crippen LogP contribution in [0.5, 0.6) is 0 Å². The van der Waals surface area contributed by atoms with E-state index in [1.807, 2.05) is 20.8 Å². The van der Waals surface area contributed by atoms with Crippen LogP contribution in [0.15, 0.2) is 37.2 Å². The molecule has 0 aromatic heterocycles. The van der Waals surface area contributed by atoms with Crippen molar-refractivity contribution in [1.82, 2.24) is 26.6 Å². The molecule has 0 radical (unpaired) electrons. The Morgan fingerprint density at radius 2 is 1.24 bits per heavy atom. The first-order valence-electron chi connectivity index (χ1n) is 12.8. The maximum absolute atomic E-state index is 12.9. The van der Waals surface area contributed by atoms with Gasteiger partial charge in [0.2, 0.25) is 11.8 Å². The number of carbonyl (C=O) groups is 4. The minimum Gasteiger partial charge on any atom is -0.386 e. The number of nitrogens with two attached hydrogens (primary N) is 3. The average molecular weight is 537 g/mol. The van der Waals surface area contributed by atoms with Crippen molar-refractivity contribution in [3.63, 3.8) is 0 Å². The monoisotopic (exact) mass is 536 g/mol. The van der Waals surface area contributed by atoms with Crippen molar-refractivity contribution >= 4 is 23.4 Å². The zero-order valence-electron chi connectivity index (χ0n) is 23.3. The number of Topliss-reactive ketones (excluding diaryl/α,β-unsaturated/α-hetero) is 2. The number of rotatable bonds is 21. The van der Waals surface area contributed by atoms with Gasteiger partial charge in [0.05, 0.1) is 29.9 Å². The van der Waals surface area contributed by atoms with Crippen LogP contribution in [0.1, 0.15) is 47.0 Å². The van der Waals surface area contributed by atoms with Gasteiger partial charge in [-0.1, -0.05) is 47.4 Å². The zero-order valence-corrected chi connectivity index (χ0v) is 23.3. The SMILES string of the molecule is C=C(N)NCC(C)CC(=O)C(CNC(=C)N)NC(=O)C(C)CC(=O)CNC(=O)C(CNC(=C)N)CC(C)C. The van der Waals surface area contributed by atoms with Crippen LogP contribution in [0.25, 0.3) is 0 Å². The first kappa shape index (κ1) is 34.3. The molecule has 0 aromatic rings. The summed E-state index contributed by atoms with van der Waals surface area (Å²) in [6.45, 7) is 18.7. The maximum Gasteiger partial charge on any atom is 0.225 e. The van der Waals surface area contributed by atoms with Crippen LogP contribution in [-0.4, -0.2) is 55.6 Å². The van der Waals surface area contributed by atoms with Crippen molar-refractivity contribution < 1.29 is 19.2 Å². The third kappa shape index (κ3) is 16.1. The molecule has 0 fully saturated rings. The first-order valence-corrected chi connectivity index (χ1v) is 12.8. The van der Waals surface area contributed by atoms with Crippen molar-refractivity contribution in [2.45, 2.75) is 53.0 Å². The third-order valence-electron chi connectivity index (χ3n) is 5.61. The number of nitrogens with one attached hydrogen (secondary N) is 5. The molecule has 2 amide bonds. The van der Waals surface area contributed by atoms with E-state index in [1.54, 1.807) is 6.92 Å². The molecule has 0 rings (SSSR count). The highest BCUT2D eigenvalue weighted by Crippen LogP contribution is 2.12. The van der Waals surface area contributed by atoms with E-state index in [9.17, 15) is 19.2 Å². The van der Waals surface area contributed by atoms with Gasteiger partial charge in [0.1, 0.15) is 6.04 Å². The van der Waals surface area contributed by atoms with Crippen molar-refractivity contribution in [2.24, 2.45) is 40.9 Å². The molecule has 0 aromatic carbocycles. The molecule has 0 saturated carbocycles. The standard InChI is InChI=1S/C26H48N8O4/c1-15(2)8-21(12-31-19(6)28)26(38)33-13-22(35)10-17(4)25(37)34-23(14-32-20(7)29)24(36)9-16(3)11-30-18(5)27/h15-17,21,23,30-32H,5-14,27-29H2,1-4H3,(H,33,38)(H,34,37). The van der Waals surface area contributed by atoms with E-state index in [0.717, 1.165) is 0 Å². The third-order valence-corrected chi connectivity index (χ3v) is 5.61. The molecule has 0 bridgehead atoms. The first-order chi connectivity index (χ1) is 17.6. The van der Waals surface area contributed by atoms with E-state index in [0.29, 0.717) is 25.3 Å². The number of hydrogen-bond donors (Lipinski definition) is 8. The second-order valence-electron chi connectivity index (χ2n) is 10.2. The number of ketones is 2. The summed E-state index contributed by atoms with van der Waals surface area (Å²) in [4.78, 5) is 50.8. The predicted octanol–water partition coefficient (Wildman–Crippen LogP) is -0.501. The summed E-state index contributed by atoms with van der Waals surface area (Å²) in [5.74, 6) is -1.44. The molecular formula is C26H48N8O4. The molecule has 0 aliphatic carbocycles. The Balaban J connectivity index is 4.97. The lowest BCUT2D eigenvalue weighted by Crippen LogP contribution is -2.50. The molecule has 0 saturated heterocycles. The van der Waals surface area contributed by atoms with E-state index >= 15 is 0 Å². The quantitative estimate of drug-likeness (QED) is 0.0943. The fourth-order valence-corrected chi connectivity index (χ4v) is 3.60. The Hall–Kier alpha value is -3.70. The summed E-state index contributed by atoms with van der Waals surface area (Å²) in [5.41, 5.74) is 16.6. The molecule has 38 heavy (non-hydrogen) atoms. The van der Waals surface area contributed by atoms with Crippen LogP contribution in [0.2, 0.25) is 0 Å². The number of carbonyl (C=O) groups excluding carboxylic acids is 4. The fraction of sp³-hybridized carbons (Fsp3) is 0.615. The van der Waals surface area contributed by atoms with Crippen molar-refractivity contribution in [2.75, 3.05) is 26.2 Å². The predicted molar refractivity (Wildman–Crippen MR) is 149 cm³/mol. The molecule has 0 spiro atoms. The van der Waals surface area contributed by atoms with Crippen molar-refractivity contribution in [3.8, 4) is 0 Å². The van der Waals surface area contributed by atoms with Crippen molar-refractivity contribution in [1.29, 1.82) is 0 Å². The normalized spacial score (nSPS) is 13.8. The fourth-order valence-electron chi connectivity index (χ4n) is 3.60. The van der Waals surface area contributed by atoms with Crippen LogP contribution in [0.4, 0.5) is 0 Å². The smallest absolute Gasteiger partial charge is 0.225 e. The Kier molecular flexibility index (Phi) is 16.0. The lowest BCUT2D eigenvalue weighted by Gasteiger charge is -2.23. The summed E-state index contributed by atoms with van der Waals surface area (Å²) in [5, 5.41) is 13.9. The van der Waals surface area contributed by atoms with Crippen LogP contribution in [0.3, 0.4) is 0 Å². The van der Waals surface area contributed by atoms with Gasteiger partial charge in [-0.15, -0.1) is 0 Å². The van der Waals surface area contributed by atoms with Crippen molar-refractivity contribution in [3.05, 3.63) is 37.2 Å². The van der Waals surface area contributed by atoms with Gasteiger partial charge in [0, 0.05) is 38.4 Å². The number of hydrogen-bond acceptors (Lipinski definition) is 10. The largest absolute Gasteiger partial charge is 0.386 e. The Morgan fingerprint density at radius 1 is 0.711 bits per heavy atom. The second-order valence-corrected chi connectivity index (χ2v) is 10.2. The van der Waals surface area contributed by atoms with E-state index < -0.39 is 17.9 Å². The van der Waals surface area contributed by atoms with E-state index in [4.69, 9.17) is 17.2 Å². The van der Waals surface area contributed by atoms with Gasteiger partial charge in [-0.05, 0) is 18.3 Å². The number of amides is 2. The highest BCUT2D eigenvalue weighted by Gasteiger charge is 2.26. The van der Waals surface area contributed by atoms with Gasteiger partial charge in [0.15, 0.2) is 11.6 Å². The van der Waals surface area contributed by atoms with Crippen LogP contribution in [0, 0.1) is 23.7 Å². The van der Waals surface area contributed by atoms with Gasteiger partial charge in [0.25, 0.3) is 0 Å². The van der Waals surface area contributed by atoms with Crippen LogP contribution < -0.4 is 43.8 Å². The molecule has 4 atom stereocenters. The molecule has 12 heteroatoms. The second kappa shape index (κ2) is 17.7. The summed E-state index contributed by atoms with van der Waals surface area (Å²) < 4.78 is 0. The van der Waals surface area contributed by atoms with Crippen LogP contribution in [-0.2, 0) is 19.2 Å². The molecule has 216 valence electrons. The van der Waals surface area contributed by atoms with Gasteiger partial charge in [-0.25, -0.2) is 0 Å². The molecule has 12 nitrogen and oxygen atoms in total. The Labute approximate surface area is 226 Å². The highest BCUT2D eigenvalue weighted by atomic mass is 16.2. The highest BCUT2D eigenvalue weighted by molar-refractivity contribution is 5.93. The minimum atomic E-state index is -0.870. The lowest BCUT2D eigenvalue weighted by molar-refractivity contribution is -0.132. The Bertz CT molecular complexity index is 858. The zero-order chi connectivity index (χ0) is 29.4. The molecular weight excluding hydrogens is 488 g/mol. The van der Waals surface area contributed by atoms with Gasteiger partial charge < -0.3 is 43.8 Å². The summed E-state index contributed by atoms with van der Waals surface area (Å²) in [7, 11) is 0. The van der Waals surface area contributed by atoms with E-state index in [2.05, 4.69) is 46.3 Å². The Morgan fingerprint density at radius 3 is 1.76 bits per heavy atom. The molecule has 0 heterocycles. The minimum absolute atomic E-state index is 0.0564. The summed E-state index contributed by atoms with van der Waals surface area (Å²) in [6.07, 6.45) is 0.677. The van der Waals surface area contributed by atoms with Gasteiger partial charge >= 0.3 is 0 Å².